The summed E-state index contributed by atoms with van der Waals surface area (Å²) < 4.78 is 0. The van der Waals surface area contributed by atoms with Crippen LogP contribution >= 0.6 is 0 Å². The molecule has 2 atom stereocenters. The second-order valence-corrected chi connectivity index (χ2v) is 7.01. The van der Waals surface area contributed by atoms with E-state index in [0.29, 0.717) is 5.92 Å². The number of amides is 1. The van der Waals surface area contributed by atoms with Crippen molar-refractivity contribution in [1.82, 2.24) is 5.43 Å². The second-order valence-electron chi connectivity index (χ2n) is 7.01. The van der Waals surface area contributed by atoms with E-state index in [-0.39, 0.29) is 17.5 Å². The van der Waals surface area contributed by atoms with Crippen LogP contribution in [-0.2, 0) is 4.79 Å². The van der Waals surface area contributed by atoms with Crippen LogP contribution < -0.4 is 16.2 Å². The predicted molar refractivity (Wildman–Crippen MR) is 91.7 cm³/mol. The van der Waals surface area contributed by atoms with E-state index in [1.54, 1.807) is 0 Å². The Kier molecular flexibility index (Phi) is 5.12. The lowest BCUT2D eigenvalue weighted by molar-refractivity contribution is -0.123. The maximum absolute atomic E-state index is 12.4. The molecular formula is C18H29N3O. The van der Waals surface area contributed by atoms with Crippen LogP contribution in [0.2, 0.25) is 0 Å². The molecule has 0 spiro atoms. The largest absolute Gasteiger partial charge is 0.354 e. The molecule has 2 rings (SSSR count). The van der Waals surface area contributed by atoms with Crippen LogP contribution in [0.3, 0.4) is 0 Å². The molecule has 0 saturated heterocycles. The molecule has 0 unspecified atom stereocenters. The highest BCUT2D eigenvalue weighted by Crippen LogP contribution is 2.44. The fourth-order valence-electron chi connectivity index (χ4n) is 3.87. The first-order valence-corrected chi connectivity index (χ1v) is 8.31. The quantitative estimate of drug-likeness (QED) is 0.498. The van der Waals surface area contributed by atoms with E-state index in [2.05, 4.69) is 62.3 Å². The molecule has 0 fully saturated rings. The number of nitrogens with two attached hydrogens (primary N) is 1. The molecule has 3 N–H and O–H groups in total. The van der Waals surface area contributed by atoms with E-state index in [9.17, 15) is 4.79 Å². The predicted octanol–water partition coefficient (Wildman–Crippen LogP) is 3.33. The highest BCUT2D eigenvalue weighted by atomic mass is 16.2. The van der Waals surface area contributed by atoms with Crippen LogP contribution in [0.4, 0.5) is 5.69 Å². The lowest BCUT2D eigenvalue weighted by atomic mass is 9.78. The summed E-state index contributed by atoms with van der Waals surface area (Å²) in [6.45, 7) is 8.86. The van der Waals surface area contributed by atoms with Gasteiger partial charge in [-0.05, 0) is 44.2 Å². The Morgan fingerprint density at radius 3 is 2.77 bits per heavy atom. The van der Waals surface area contributed by atoms with Crippen molar-refractivity contribution in [2.75, 3.05) is 4.90 Å². The molecule has 1 aliphatic rings. The van der Waals surface area contributed by atoms with Crippen molar-refractivity contribution >= 4 is 11.6 Å². The third kappa shape index (κ3) is 3.12. The number of carbonyl (C=O) groups is 1. The number of unbranched alkanes of at least 4 members (excludes halogenated alkanes) is 1. The normalized spacial score (nSPS) is 21.1. The average Bonchev–Trinajstić information content (AvgIpc) is 2.49. The maximum atomic E-state index is 12.4. The van der Waals surface area contributed by atoms with Gasteiger partial charge in [-0.1, -0.05) is 44.9 Å². The lowest BCUT2D eigenvalue weighted by Gasteiger charge is -2.50. The molecule has 1 amide bonds. The number of hydrazine groups is 1. The molecule has 1 heterocycles. The summed E-state index contributed by atoms with van der Waals surface area (Å²) in [6, 6.07) is 8.23. The van der Waals surface area contributed by atoms with Crippen molar-refractivity contribution in [3.63, 3.8) is 0 Å². The number of fused-ring (bicyclic) bond motifs is 1. The summed E-state index contributed by atoms with van der Waals surface area (Å²) in [5.41, 5.74) is 4.80. The minimum Gasteiger partial charge on any atom is -0.354 e. The first kappa shape index (κ1) is 16.8. The van der Waals surface area contributed by atoms with Crippen molar-refractivity contribution in [2.24, 2.45) is 5.84 Å². The van der Waals surface area contributed by atoms with Gasteiger partial charge in [0.2, 0.25) is 0 Å². The summed E-state index contributed by atoms with van der Waals surface area (Å²) in [7, 11) is 0. The fraction of sp³-hybridized carbons (Fsp3) is 0.611. The topological polar surface area (TPSA) is 58.4 Å². The molecule has 1 aromatic rings. The van der Waals surface area contributed by atoms with E-state index in [4.69, 9.17) is 5.84 Å². The Balaban J connectivity index is 2.48. The molecule has 4 heteroatoms. The summed E-state index contributed by atoms with van der Waals surface area (Å²) in [5.74, 6) is 5.86. The monoisotopic (exact) mass is 303 g/mol. The molecule has 1 aromatic carbocycles. The van der Waals surface area contributed by atoms with Gasteiger partial charge < -0.3 is 4.90 Å². The summed E-state index contributed by atoms with van der Waals surface area (Å²) in [5, 5.41) is 0. The number of anilines is 1. The molecule has 0 aromatic heterocycles. The highest BCUT2D eigenvalue weighted by Gasteiger charge is 2.41. The van der Waals surface area contributed by atoms with Crippen molar-refractivity contribution in [1.29, 1.82) is 0 Å². The zero-order valence-electron chi connectivity index (χ0n) is 14.2. The van der Waals surface area contributed by atoms with E-state index >= 15 is 0 Å². The molecule has 4 nitrogen and oxygen atoms in total. The maximum Gasteiger partial charge on any atom is 0.256 e. The number of benzene rings is 1. The minimum atomic E-state index is -0.214. The molecule has 0 aliphatic carbocycles. The number of hydrogen-bond acceptors (Lipinski definition) is 3. The van der Waals surface area contributed by atoms with Crippen molar-refractivity contribution in [3.05, 3.63) is 29.8 Å². The van der Waals surface area contributed by atoms with Gasteiger partial charge >= 0.3 is 0 Å². The molecular weight excluding hydrogens is 274 g/mol. The number of carbonyl (C=O) groups excluding carboxylic acids is 1. The minimum absolute atomic E-state index is 0.0707. The van der Waals surface area contributed by atoms with Gasteiger partial charge in [0.25, 0.3) is 5.91 Å². The van der Waals surface area contributed by atoms with Crippen LogP contribution in [0.5, 0.6) is 0 Å². The third-order valence-corrected chi connectivity index (χ3v) is 4.77. The zero-order chi connectivity index (χ0) is 16.3. The average molecular weight is 303 g/mol. The van der Waals surface area contributed by atoms with Crippen molar-refractivity contribution < 1.29 is 4.79 Å². The van der Waals surface area contributed by atoms with Gasteiger partial charge in [0, 0.05) is 11.2 Å². The Bertz CT molecular complexity index is 527. The van der Waals surface area contributed by atoms with E-state index < -0.39 is 0 Å². The van der Waals surface area contributed by atoms with Crippen LogP contribution in [-0.4, -0.2) is 17.5 Å². The van der Waals surface area contributed by atoms with Crippen LogP contribution in [0.25, 0.3) is 0 Å². The molecule has 0 saturated carbocycles. The number of hydrogen-bond donors (Lipinski definition) is 2. The number of rotatable bonds is 5. The Labute approximate surface area is 134 Å². The van der Waals surface area contributed by atoms with Crippen molar-refractivity contribution in [3.8, 4) is 0 Å². The van der Waals surface area contributed by atoms with E-state index in [1.807, 2.05) is 0 Å². The Morgan fingerprint density at radius 2 is 2.14 bits per heavy atom. The van der Waals surface area contributed by atoms with Gasteiger partial charge in [0.15, 0.2) is 0 Å². The van der Waals surface area contributed by atoms with Gasteiger partial charge in [0.05, 0.1) is 0 Å². The number of nitrogens with one attached hydrogen (secondary N) is 1. The molecule has 122 valence electrons. The lowest BCUT2D eigenvalue weighted by Crippen LogP contribution is -2.59. The van der Waals surface area contributed by atoms with E-state index in [0.717, 1.165) is 25.7 Å². The first-order valence-electron chi connectivity index (χ1n) is 8.31. The molecule has 0 radical (unpaired) electrons. The van der Waals surface area contributed by atoms with Crippen LogP contribution in [0.1, 0.15) is 64.9 Å². The summed E-state index contributed by atoms with van der Waals surface area (Å²) in [6.07, 6.45) is 3.94. The zero-order valence-corrected chi connectivity index (χ0v) is 14.2. The fourth-order valence-corrected chi connectivity index (χ4v) is 3.87. The smallest absolute Gasteiger partial charge is 0.256 e. The van der Waals surface area contributed by atoms with Crippen LogP contribution in [0, 0.1) is 0 Å². The highest BCUT2D eigenvalue weighted by molar-refractivity contribution is 5.86. The number of nitrogens with zero attached hydrogens (tertiary/aromatic N) is 1. The summed E-state index contributed by atoms with van der Waals surface area (Å²) >= 11 is 0. The van der Waals surface area contributed by atoms with Gasteiger partial charge in [-0.25, -0.2) is 5.84 Å². The first-order chi connectivity index (χ1) is 10.4. The summed E-state index contributed by atoms with van der Waals surface area (Å²) in [4.78, 5) is 14.7. The SMILES string of the molecule is CCCC[C@@H](C(=O)NN)N1c2ccccc2[C@@H](C)CC1(C)C. The molecule has 0 bridgehead atoms. The Hall–Kier alpha value is -1.55. The second kappa shape index (κ2) is 6.69. The number of para-hydroxylation sites is 1. The third-order valence-electron chi connectivity index (χ3n) is 4.77. The molecule has 1 aliphatic heterocycles. The van der Waals surface area contributed by atoms with Gasteiger partial charge in [-0.3, -0.25) is 10.2 Å². The van der Waals surface area contributed by atoms with Gasteiger partial charge in [-0.2, -0.15) is 0 Å². The van der Waals surface area contributed by atoms with Crippen LogP contribution in [0.15, 0.2) is 24.3 Å². The van der Waals surface area contributed by atoms with Gasteiger partial charge in [-0.15, -0.1) is 0 Å². The molecule has 22 heavy (non-hydrogen) atoms. The van der Waals surface area contributed by atoms with Crippen molar-refractivity contribution in [2.45, 2.75) is 70.9 Å². The Morgan fingerprint density at radius 1 is 1.45 bits per heavy atom. The standard InChI is InChI=1S/C18H29N3O/c1-5-6-10-16(17(22)20-19)21-15-11-8-7-9-14(15)13(2)12-18(21,3)4/h7-9,11,13,16H,5-6,10,12,19H2,1-4H3,(H,20,22)/t13-,16-/m0/s1. The van der Waals surface area contributed by atoms with Gasteiger partial charge in [0.1, 0.15) is 6.04 Å². The van der Waals surface area contributed by atoms with E-state index in [1.165, 1.54) is 11.3 Å².